The Balaban J connectivity index is 2.83. The highest BCUT2D eigenvalue weighted by Crippen LogP contribution is 2.15. The number of likely N-dealkylation sites (N-methyl/N-ethyl adjacent to an activating group) is 2. The topological polar surface area (TPSA) is 32.3 Å². The Morgan fingerprint density at radius 3 is 2.41 bits per heavy atom. The number of amides is 1. The average molecular weight is 234 g/mol. The standard InChI is InChI=1S/C14H22N2O/c1-4-11-16(5-2)14(17)13(15-3)12-9-7-6-8-10-12/h6-10,13,15H,4-5,11H2,1-3H3. The van der Waals surface area contributed by atoms with E-state index in [-0.39, 0.29) is 11.9 Å². The van der Waals surface area contributed by atoms with Gasteiger partial charge in [0.1, 0.15) is 6.04 Å². The largest absolute Gasteiger partial charge is 0.341 e. The molecule has 0 aliphatic rings. The number of carbonyl (C=O) groups is 1. The van der Waals surface area contributed by atoms with Crippen molar-refractivity contribution in [1.82, 2.24) is 10.2 Å². The van der Waals surface area contributed by atoms with E-state index < -0.39 is 0 Å². The van der Waals surface area contributed by atoms with Crippen LogP contribution in [0.25, 0.3) is 0 Å². The lowest BCUT2D eigenvalue weighted by Crippen LogP contribution is -2.40. The Kier molecular flexibility index (Phi) is 5.70. The molecule has 0 aliphatic heterocycles. The van der Waals surface area contributed by atoms with Crippen LogP contribution in [-0.4, -0.2) is 30.9 Å². The fraction of sp³-hybridized carbons (Fsp3) is 0.500. The van der Waals surface area contributed by atoms with Crippen LogP contribution in [0.4, 0.5) is 0 Å². The van der Waals surface area contributed by atoms with Crippen LogP contribution < -0.4 is 5.32 Å². The molecule has 1 rings (SSSR count). The van der Waals surface area contributed by atoms with Crippen molar-refractivity contribution in [1.29, 1.82) is 0 Å². The van der Waals surface area contributed by atoms with E-state index in [4.69, 9.17) is 0 Å². The minimum atomic E-state index is -0.234. The summed E-state index contributed by atoms with van der Waals surface area (Å²) in [5.41, 5.74) is 1.02. The second kappa shape index (κ2) is 7.07. The van der Waals surface area contributed by atoms with Crippen molar-refractivity contribution < 1.29 is 4.79 Å². The highest BCUT2D eigenvalue weighted by Gasteiger charge is 2.22. The third kappa shape index (κ3) is 3.56. The van der Waals surface area contributed by atoms with E-state index in [9.17, 15) is 4.79 Å². The third-order valence-corrected chi connectivity index (χ3v) is 2.86. The van der Waals surface area contributed by atoms with Gasteiger partial charge in [0.25, 0.3) is 0 Å². The van der Waals surface area contributed by atoms with Gasteiger partial charge in [0, 0.05) is 13.1 Å². The highest BCUT2D eigenvalue weighted by molar-refractivity contribution is 5.83. The molecule has 1 amide bonds. The molecule has 3 heteroatoms. The zero-order valence-corrected chi connectivity index (χ0v) is 10.9. The molecule has 0 fully saturated rings. The Labute approximate surface area is 104 Å². The van der Waals surface area contributed by atoms with Crippen molar-refractivity contribution in [3.8, 4) is 0 Å². The summed E-state index contributed by atoms with van der Waals surface area (Å²) in [6, 6.07) is 9.62. The first kappa shape index (κ1) is 13.7. The molecule has 0 saturated carbocycles. The Morgan fingerprint density at radius 1 is 1.29 bits per heavy atom. The van der Waals surface area contributed by atoms with Crippen molar-refractivity contribution in [2.24, 2.45) is 0 Å². The molecule has 1 N–H and O–H groups in total. The number of hydrogen-bond acceptors (Lipinski definition) is 2. The van der Waals surface area contributed by atoms with E-state index in [1.165, 1.54) is 0 Å². The molecule has 3 nitrogen and oxygen atoms in total. The van der Waals surface area contributed by atoms with E-state index in [0.29, 0.717) is 0 Å². The van der Waals surface area contributed by atoms with Crippen molar-refractivity contribution >= 4 is 5.91 Å². The lowest BCUT2D eigenvalue weighted by molar-refractivity contribution is -0.133. The predicted octanol–water partition coefficient (Wildman–Crippen LogP) is 2.21. The fourth-order valence-corrected chi connectivity index (χ4v) is 1.95. The molecule has 0 spiro atoms. The van der Waals surface area contributed by atoms with Crippen LogP contribution in [-0.2, 0) is 4.79 Å². The second-order valence-corrected chi connectivity index (χ2v) is 4.05. The summed E-state index contributed by atoms with van der Waals surface area (Å²) >= 11 is 0. The van der Waals surface area contributed by atoms with Gasteiger partial charge in [-0.2, -0.15) is 0 Å². The maximum Gasteiger partial charge on any atom is 0.244 e. The molecule has 0 aliphatic carbocycles. The molecule has 1 unspecified atom stereocenters. The van der Waals surface area contributed by atoms with E-state index >= 15 is 0 Å². The van der Waals surface area contributed by atoms with Crippen molar-refractivity contribution in [2.45, 2.75) is 26.3 Å². The van der Waals surface area contributed by atoms with Gasteiger partial charge in [0.15, 0.2) is 0 Å². The van der Waals surface area contributed by atoms with Gasteiger partial charge in [-0.15, -0.1) is 0 Å². The summed E-state index contributed by atoms with van der Waals surface area (Å²) in [7, 11) is 1.83. The minimum absolute atomic E-state index is 0.156. The monoisotopic (exact) mass is 234 g/mol. The van der Waals surface area contributed by atoms with Gasteiger partial charge >= 0.3 is 0 Å². The maximum absolute atomic E-state index is 12.4. The van der Waals surface area contributed by atoms with E-state index in [2.05, 4.69) is 12.2 Å². The molecule has 0 radical (unpaired) electrons. The zero-order valence-electron chi connectivity index (χ0n) is 10.9. The number of nitrogens with one attached hydrogen (secondary N) is 1. The molecule has 0 saturated heterocycles. The normalized spacial score (nSPS) is 12.2. The van der Waals surface area contributed by atoms with Crippen LogP contribution in [0.2, 0.25) is 0 Å². The first-order valence-corrected chi connectivity index (χ1v) is 6.25. The predicted molar refractivity (Wildman–Crippen MR) is 70.8 cm³/mol. The average Bonchev–Trinajstić information content (AvgIpc) is 2.38. The van der Waals surface area contributed by atoms with Gasteiger partial charge in [0.05, 0.1) is 0 Å². The first-order chi connectivity index (χ1) is 8.24. The number of rotatable bonds is 6. The van der Waals surface area contributed by atoms with Crippen LogP contribution in [0.15, 0.2) is 30.3 Å². The highest BCUT2D eigenvalue weighted by atomic mass is 16.2. The lowest BCUT2D eigenvalue weighted by Gasteiger charge is -2.26. The number of benzene rings is 1. The van der Waals surface area contributed by atoms with Gasteiger partial charge in [0.2, 0.25) is 5.91 Å². The molecule has 1 atom stereocenters. The Hall–Kier alpha value is -1.35. The second-order valence-electron chi connectivity index (χ2n) is 4.05. The van der Waals surface area contributed by atoms with Crippen molar-refractivity contribution in [3.05, 3.63) is 35.9 Å². The summed E-state index contributed by atoms with van der Waals surface area (Å²) in [6.07, 6.45) is 0.991. The van der Waals surface area contributed by atoms with Gasteiger partial charge in [-0.3, -0.25) is 4.79 Å². The molecule has 1 aromatic carbocycles. The fourth-order valence-electron chi connectivity index (χ4n) is 1.95. The van der Waals surface area contributed by atoms with E-state index in [1.807, 2.05) is 49.2 Å². The summed E-state index contributed by atoms with van der Waals surface area (Å²) in [6.45, 7) is 5.69. The van der Waals surface area contributed by atoms with Crippen LogP contribution in [0, 0.1) is 0 Å². The maximum atomic E-state index is 12.4. The molecule has 94 valence electrons. The summed E-state index contributed by atoms with van der Waals surface area (Å²) in [4.78, 5) is 14.3. The van der Waals surface area contributed by atoms with Crippen molar-refractivity contribution in [3.63, 3.8) is 0 Å². The van der Waals surface area contributed by atoms with Gasteiger partial charge in [-0.25, -0.2) is 0 Å². The van der Waals surface area contributed by atoms with E-state index in [0.717, 1.165) is 25.1 Å². The van der Waals surface area contributed by atoms with Crippen LogP contribution in [0.3, 0.4) is 0 Å². The number of carbonyl (C=O) groups excluding carboxylic acids is 1. The number of nitrogens with zero attached hydrogens (tertiary/aromatic N) is 1. The molecule has 1 aromatic rings. The van der Waals surface area contributed by atoms with Gasteiger partial charge in [-0.1, -0.05) is 37.3 Å². The Bertz CT molecular complexity index is 337. The molecular formula is C14H22N2O. The van der Waals surface area contributed by atoms with E-state index in [1.54, 1.807) is 0 Å². The zero-order chi connectivity index (χ0) is 12.7. The molecular weight excluding hydrogens is 212 g/mol. The molecule has 0 heterocycles. The quantitative estimate of drug-likeness (QED) is 0.818. The third-order valence-electron chi connectivity index (χ3n) is 2.86. The Morgan fingerprint density at radius 2 is 1.94 bits per heavy atom. The molecule has 0 aromatic heterocycles. The van der Waals surface area contributed by atoms with Crippen LogP contribution in [0.5, 0.6) is 0 Å². The van der Waals surface area contributed by atoms with Crippen LogP contribution >= 0.6 is 0 Å². The lowest BCUT2D eigenvalue weighted by atomic mass is 10.1. The van der Waals surface area contributed by atoms with Crippen molar-refractivity contribution in [2.75, 3.05) is 20.1 Å². The SMILES string of the molecule is CCCN(CC)C(=O)C(NC)c1ccccc1. The minimum Gasteiger partial charge on any atom is -0.341 e. The molecule has 17 heavy (non-hydrogen) atoms. The summed E-state index contributed by atoms with van der Waals surface area (Å²) in [5.74, 6) is 0.156. The van der Waals surface area contributed by atoms with Gasteiger partial charge in [-0.05, 0) is 26.0 Å². The summed E-state index contributed by atoms with van der Waals surface area (Å²) < 4.78 is 0. The number of hydrogen-bond donors (Lipinski definition) is 1. The van der Waals surface area contributed by atoms with Gasteiger partial charge < -0.3 is 10.2 Å². The van der Waals surface area contributed by atoms with Crippen LogP contribution in [0.1, 0.15) is 31.9 Å². The first-order valence-electron chi connectivity index (χ1n) is 6.25. The summed E-state index contributed by atoms with van der Waals surface area (Å²) in [5, 5.41) is 3.10. The molecule has 0 bridgehead atoms. The smallest absolute Gasteiger partial charge is 0.244 e.